The summed E-state index contributed by atoms with van der Waals surface area (Å²) in [5, 5.41) is 11.0. The van der Waals surface area contributed by atoms with E-state index in [0.29, 0.717) is 5.75 Å². The molecule has 0 N–H and O–H groups in total. The lowest BCUT2D eigenvalue weighted by atomic mass is 10.1. The first-order valence-corrected chi connectivity index (χ1v) is 11.3. The van der Waals surface area contributed by atoms with Gasteiger partial charge in [0.25, 0.3) is 5.69 Å². The van der Waals surface area contributed by atoms with E-state index in [1.165, 1.54) is 30.5 Å². The zero-order valence-corrected chi connectivity index (χ0v) is 19.7. The number of fused-ring (bicyclic) bond motifs is 1. The van der Waals surface area contributed by atoms with Gasteiger partial charge in [-0.3, -0.25) is 14.9 Å². The van der Waals surface area contributed by atoms with Crippen LogP contribution in [0.3, 0.4) is 0 Å². The van der Waals surface area contributed by atoms with E-state index in [1.54, 1.807) is 12.1 Å². The SMILES string of the molecule is O=C(Oc1ccc2c(=O)c(Oc3ccc(-c4ccccc4)cc3)coc2c1)c1ccc([N+](=O)[O-])cc1Cl. The van der Waals surface area contributed by atoms with Gasteiger partial charge in [-0.1, -0.05) is 54.1 Å². The average Bonchev–Trinajstić information content (AvgIpc) is 2.91. The first-order chi connectivity index (χ1) is 17.9. The molecule has 4 aromatic carbocycles. The van der Waals surface area contributed by atoms with Crippen LogP contribution in [-0.4, -0.2) is 10.9 Å². The fraction of sp³-hybridized carbons (Fsp3) is 0. The topological polar surface area (TPSA) is 109 Å². The third-order valence-electron chi connectivity index (χ3n) is 5.50. The first kappa shape index (κ1) is 23.8. The Bertz CT molecular complexity index is 1700. The van der Waals surface area contributed by atoms with Gasteiger partial charge in [0, 0.05) is 18.2 Å². The lowest BCUT2D eigenvalue weighted by molar-refractivity contribution is -0.384. The van der Waals surface area contributed by atoms with E-state index in [-0.39, 0.29) is 38.7 Å². The number of nitro groups is 1. The van der Waals surface area contributed by atoms with Crippen LogP contribution in [0.2, 0.25) is 5.02 Å². The molecule has 0 aliphatic rings. The van der Waals surface area contributed by atoms with Gasteiger partial charge in [0.15, 0.2) is 0 Å². The zero-order chi connectivity index (χ0) is 25.9. The fourth-order valence-electron chi connectivity index (χ4n) is 3.64. The number of hydrogen-bond acceptors (Lipinski definition) is 7. The van der Waals surface area contributed by atoms with E-state index in [0.717, 1.165) is 23.3 Å². The molecule has 0 bridgehead atoms. The molecule has 0 atom stereocenters. The Balaban J connectivity index is 1.34. The summed E-state index contributed by atoms with van der Waals surface area (Å²) in [6.07, 6.45) is 1.19. The highest BCUT2D eigenvalue weighted by atomic mass is 35.5. The van der Waals surface area contributed by atoms with Crippen molar-refractivity contribution in [1.29, 1.82) is 0 Å². The lowest BCUT2D eigenvalue weighted by Crippen LogP contribution is -2.10. The second kappa shape index (κ2) is 9.96. The second-order valence-electron chi connectivity index (χ2n) is 7.89. The Labute approximate surface area is 214 Å². The minimum atomic E-state index is -0.819. The highest BCUT2D eigenvalue weighted by Crippen LogP contribution is 2.28. The van der Waals surface area contributed by atoms with E-state index in [1.807, 2.05) is 42.5 Å². The number of rotatable bonds is 6. The lowest BCUT2D eigenvalue weighted by Gasteiger charge is -2.08. The van der Waals surface area contributed by atoms with Crippen molar-refractivity contribution in [1.82, 2.24) is 0 Å². The molecular weight excluding hydrogens is 498 g/mol. The molecule has 0 fully saturated rings. The van der Waals surface area contributed by atoms with Crippen LogP contribution in [0.4, 0.5) is 5.69 Å². The van der Waals surface area contributed by atoms with Gasteiger partial charge in [0.2, 0.25) is 11.2 Å². The van der Waals surface area contributed by atoms with Crippen molar-refractivity contribution in [2.24, 2.45) is 0 Å². The molecular formula is C28H16ClNO7. The quantitative estimate of drug-likeness (QED) is 0.104. The molecule has 8 nitrogen and oxygen atoms in total. The molecule has 182 valence electrons. The normalized spacial score (nSPS) is 10.7. The van der Waals surface area contributed by atoms with E-state index in [2.05, 4.69) is 0 Å². The van der Waals surface area contributed by atoms with Crippen molar-refractivity contribution in [2.75, 3.05) is 0 Å². The van der Waals surface area contributed by atoms with Gasteiger partial charge in [-0.15, -0.1) is 0 Å². The van der Waals surface area contributed by atoms with E-state index >= 15 is 0 Å². The van der Waals surface area contributed by atoms with Crippen LogP contribution in [0.5, 0.6) is 17.2 Å². The minimum Gasteiger partial charge on any atom is -0.460 e. The number of ether oxygens (including phenoxy) is 2. The third kappa shape index (κ3) is 5.05. The van der Waals surface area contributed by atoms with Crippen LogP contribution in [-0.2, 0) is 0 Å². The smallest absolute Gasteiger partial charge is 0.345 e. The number of nitrogens with zero attached hydrogens (tertiary/aromatic N) is 1. The minimum absolute atomic E-state index is 0.00219. The predicted octanol–water partition coefficient (Wildman–Crippen LogP) is 7.03. The molecule has 0 aliphatic carbocycles. The van der Waals surface area contributed by atoms with Gasteiger partial charge in [-0.2, -0.15) is 0 Å². The van der Waals surface area contributed by atoms with Crippen molar-refractivity contribution in [3.8, 4) is 28.4 Å². The fourth-order valence-corrected chi connectivity index (χ4v) is 3.89. The molecule has 5 aromatic rings. The number of carbonyl (C=O) groups is 1. The largest absolute Gasteiger partial charge is 0.460 e. The van der Waals surface area contributed by atoms with Gasteiger partial charge in [0.05, 0.1) is 20.9 Å². The monoisotopic (exact) mass is 513 g/mol. The number of non-ortho nitro benzene ring substituents is 1. The Morgan fingerprint density at radius 3 is 2.27 bits per heavy atom. The van der Waals surface area contributed by atoms with Crippen molar-refractivity contribution >= 4 is 34.2 Å². The molecule has 0 amide bonds. The van der Waals surface area contributed by atoms with Crippen LogP contribution in [0, 0.1) is 10.1 Å². The number of nitro benzene ring substituents is 1. The van der Waals surface area contributed by atoms with Crippen LogP contribution in [0.25, 0.3) is 22.1 Å². The summed E-state index contributed by atoms with van der Waals surface area (Å²) in [5.41, 5.74) is 1.55. The maximum absolute atomic E-state index is 12.9. The number of benzene rings is 4. The molecule has 0 unspecified atom stereocenters. The van der Waals surface area contributed by atoms with Crippen LogP contribution >= 0.6 is 11.6 Å². The molecule has 1 heterocycles. The Kier molecular flexibility index (Phi) is 6.40. The third-order valence-corrected chi connectivity index (χ3v) is 5.81. The molecule has 0 aliphatic heterocycles. The van der Waals surface area contributed by atoms with Gasteiger partial charge < -0.3 is 13.9 Å². The van der Waals surface area contributed by atoms with E-state index in [4.69, 9.17) is 25.5 Å². The van der Waals surface area contributed by atoms with E-state index in [9.17, 15) is 19.7 Å². The van der Waals surface area contributed by atoms with Crippen molar-refractivity contribution in [3.05, 3.63) is 128 Å². The van der Waals surface area contributed by atoms with Crippen molar-refractivity contribution < 1.29 is 23.6 Å². The Morgan fingerprint density at radius 2 is 1.57 bits per heavy atom. The Morgan fingerprint density at radius 1 is 0.865 bits per heavy atom. The summed E-state index contributed by atoms with van der Waals surface area (Å²) in [5.74, 6) is -0.250. The molecule has 0 saturated heterocycles. The van der Waals surface area contributed by atoms with Crippen molar-refractivity contribution in [3.63, 3.8) is 0 Å². The molecule has 0 spiro atoms. The number of halogens is 1. The van der Waals surface area contributed by atoms with Gasteiger partial charge in [-0.25, -0.2) is 4.79 Å². The highest BCUT2D eigenvalue weighted by Gasteiger charge is 2.18. The summed E-state index contributed by atoms with van der Waals surface area (Å²) in [6.45, 7) is 0. The second-order valence-corrected chi connectivity index (χ2v) is 8.30. The summed E-state index contributed by atoms with van der Waals surface area (Å²) < 4.78 is 16.6. The molecule has 0 saturated carbocycles. The zero-order valence-electron chi connectivity index (χ0n) is 18.9. The molecule has 9 heteroatoms. The standard InChI is InChI=1S/C28H16ClNO7/c29-24-14-19(30(33)34)8-12-22(24)28(32)37-21-11-13-23-25(15-21)35-16-26(27(23)31)36-20-9-6-18(7-10-20)17-4-2-1-3-5-17/h1-16H. The molecule has 1 aromatic heterocycles. The number of hydrogen-bond donors (Lipinski definition) is 0. The highest BCUT2D eigenvalue weighted by molar-refractivity contribution is 6.33. The molecule has 0 radical (unpaired) electrons. The first-order valence-electron chi connectivity index (χ1n) is 10.9. The summed E-state index contributed by atoms with van der Waals surface area (Å²) in [6, 6.07) is 24.8. The number of esters is 1. The van der Waals surface area contributed by atoms with Crippen LogP contribution < -0.4 is 14.9 Å². The van der Waals surface area contributed by atoms with Gasteiger partial charge in [-0.05, 0) is 41.5 Å². The maximum atomic E-state index is 12.9. The van der Waals surface area contributed by atoms with Gasteiger partial charge >= 0.3 is 5.97 Å². The molecule has 37 heavy (non-hydrogen) atoms. The van der Waals surface area contributed by atoms with Gasteiger partial charge in [0.1, 0.15) is 23.3 Å². The average molecular weight is 514 g/mol. The van der Waals surface area contributed by atoms with Crippen molar-refractivity contribution in [2.45, 2.75) is 0 Å². The summed E-state index contributed by atoms with van der Waals surface area (Å²) in [4.78, 5) is 35.7. The summed E-state index contributed by atoms with van der Waals surface area (Å²) in [7, 11) is 0. The predicted molar refractivity (Wildman–Crippen MR) is 138 cm³/mol. The van der Waals surface area contributed by atoms with Crippen LogP contribution in [0.1, 0.15) is 10.4 Å². The number of carbonyl (C=O) groups excluding carboxylic acids is 1. The van der Waals surface area contributed by atoms with Crippen LogP contribution in [0.15, 0.2) is 106 Å². The summed E-state index contributed by atoms with van der Waals surface area (Å²) >= 11 is 6.00. The molecule has 5 rings (SSSR count). The van der Waals surface area contributed by atoms with E-state index < -0.39 is 16.3 Å². The Hall–Kier alpha value is -4.95. The maximum Gasteiger partial charge on any atom is 0.345 e.